The SMILES string of the molecule is CCCCNC(=O)CN(c1cccc(Cl)c1)S(=O)(=O)c1ccc(OC)cc1. The molecule has 0 heterocycles. The molecular weight excluding hydrogens is 388 g/mol. The second-order valence-corrected chi connectivity index (χ2v) is 8.17. The van der Waals surface area contributed by atoms with E-state index in [9.17, 15) is 13.2 Å². The summed E-state index contributed by atoms with van der Waals surface area (Å²) in [6.45, 7) is 2.18. The third-order valence-electron chi connectivity index (χ3n) is 3.88. The van der Waals surface area contributed by atoms with Gasteiger partial charge in [0.05, 0.1) is 17.7 Å². The molecule has 0 spiro atoms. The van der Waals surface area contributed by atoms with E-state index in [2.05, 4.69) is 5.32 Å². The first kappa shape index (κ1) is 21.1. The van der Waals surface area contributed by atoms with E-state index in [-0.39, 0.29) is 17.3 Å². The van der Waals surface area contributed by atoms with Crippen molar-refractivity contribution in [2.24, 2.45) is 0 Å². The molecule has 2 aromatic rings. The van der Waals surface area contributed by atoms with Crippen molar-refractivity contribution in [3.05, 3.63) is 53.6 Å². The summed E-state index contributed by atoms with van der Waals surface area (Å²) in [5, 5.41) is 3.13. The van der Waals surface area contributed by atoms with Crippen molar-refractivity contribution in [1.29, 1.82) is 0 Å². The highest BCUT2D eigenvalue weighted by atomic mass is 35.5. The lowest BCUT2D eigenvalue weighted by atomic mass is 10.3. The van der Waals surface area contributed by atoms with Crippen molar-refractivity contribution >= 4 is 33.2 Å². The summed E-state index contributed by atoms with van der Waals surface area (Å²) in [6.07, 6.45) is 1.76. The summed E-state index contributed by atoms with van der Waals surface area (Å²) in [4.78, 5) is 12.4. The number of rotatable bonds is 9. The van der Waals surface area contributed by atoms with Crippen molar-refractivity contribution in [1.82, 2.24) is 5.32 Å². The molecule has 6 nitrogen and oxygen atoms in total. The minimum absolute atomic E-state index is 0.0598. The highest BCUT2D eigenvalue weighted by Gasteiger charge is 2.27. The average molecular weight is 411 g/mol. The van der Waals surface area contributed by atoms with Gasteiger partial charge in [-0.25, -0.2) is 8.42 Å². The van der Waals surface area contributed by atoms with Gasteiger partial charge in [-0.05, 0) is 48.9 Å². The number of benzene rings is 2. The van der Waals surface area contributed by atoms with Gasteiger partial charge in [0.25, 0.3) is 10.0 Å². The molecule has 8 heteroatoms. The number of methoxy groups -OCH3 is 1. The first-order chi connectivity index (χ1) is 12.9. The Labute approximate surface area is 165 Å². The van der Waals surface area contributed by atoms with Crippen LogP contribution in [0.15, 0.2) is 53.4 Å². The standard InChI is InChI=1S/C19H23ClN2O4S/c1-3-4-12-21-19(23)14-22(16-7-5-6-15(20)13-16)27(24,25)18-10-8-17(26-2)9-11-18/h5-11,13H,3-4,12,14H2,1-2H3,(H,21,23). The third-order valence-corrected chi connectivity index (χ3v) is 5.91. The molecule has 1 amide bonds. The molecule has 146 valence electrons. The zero-order valence-electron chi connectivity index (χ0n) is 15.3. The molecule has 0 saturated heterocycles. The van der Waals surface area contributed by atoms with Crippen LogP contribution in [0.1, 0.15) is 19.8 Å². The van der Waals surface area contributed by atoms with E-state index in [0.29, 0.717) is 23.0 Å². The van der Waals surface area contributed by atoms with Gasteiger partial charge in [-0.2, -0.15) is 0 Å². The first-order valence-corrected chi connectivity index (χ1v) is 10.4. The number of hydrogen-bond donors (Lipinski definition) is 1. The number of ether oxygens (including phenoxy) is 1. The van der Waals surface area contributed by atoms with E-state index in [1.54, 1.807) is 30.3 Å². The molecule has 2 aromatic carbocycles. The number of carbonyl (C=O) groups is 1. The third kappa shape index (κ3) is 5.61. The van der Waals surface area contributed by atoms with E-state index < -0.39 is 10.0 Å². The molecular formula is C19H23ClN2O4S. The van der Waals surface area contributed by atoms with Gasteiger partial charge in [-0.1, -0.05) is 31.0 Å². The molecule has 0 radical (unpaired) electrons. The summed E-state index contributed by atoms with van der Waals surface area (Å²) in [6, 6.07) is 12.4. The van der Waals surface area contributed by atoms with Gasteiger partial charge in [0.1, 0.15) is 12.3 Å². The quantitative estimate of drug-likeness (QED) is 0.642. The normalized spacial score (nSPS) is 11.1. The van der Waals surface area contributed by atoms with Gasteiger partial charge in [-0.15, -0.1) is 0 Å². The van der Waals surface area contributed by atoms with Crippen molar-refractivity contribution < 1.29 is 17.9 Å². The van der Waals surface area contributed by atoms with Crippen LogP contribution in [0.5, 0.6) is 5.75 Å². The van der Waals surface area contributed by atoms with Crippen molar-refractivity contribution in [3.8, 4) is 5.75 Å². The minimum atomic E-state index is -3.96. The number of nitrogens with zero attached hydrogens (tertiary/aromatic N) is 1. The molecule has 0 aromatic heterocycles. The molecule has 0 saturated carbocycles. The second-order valence-electron chi connectivity index (χ2n) is 5.87. The van der Waals surface area contributed by atoms with Crippen molar-refractivity contribution in [2.75, 3.05) is 24.5 Å². The zero-order valence-corrected chi connectivity index (χ0v) is 16.9. The van der Waals surface area contributed by atoms with Crippen LogP contribution in [-0.2, 0) is 14.8 Å². The van der Waals surface area contributed by atoms with Crippen LogP contribution in [0.25, 0.3) is 0 Å². The van der Waals surface area contributed by atoms with E-state index >= 15 is 0 Å². The largest absolute Gasteiger partial charge is 0.497 e. The summed E-state index contributed by atoms with van der Waals surface area (Å²) in [5.41, 5.74) is 0.323. The molecule has 0 atom stereocenters. The van der Waals surface area contributed by atoms with E-state index in [1.165, 1.54) is 25.3 Å². The van der Waals surface area contributed by atoms with Crippen molar-refractivity contribution in [2.45, 2.75) is 24.7 Å². The number of sulfonamides is 1. The number of amides is 1. The minimum Gasteiger partial charge on any atom is -0.497 e. The predicted molar refractivity (Wildman–Crippen MR) is 107 cm³/mol. The zero-order chi connectivity index (χ0) is 19.9. The Morgan fingerprint density at radius 1 is 1.19 bits per heavy atom. The maximum atomic E-state index is 13.2. The fourth-order valence-corrected chi connectivity index (χ4v) is 4.01. The smallest absolute Gasteiger partial charge is 0.264 e. The summed E-state index contributed by atoms with van der Waals surface area (Å²) < 4.78 is 32.5. The van der Waals surface area contributed by atoms with Crippen LogP contribution in [0.2, 0.25) is 5.02 Å². The van der Waals surface area contributed by atoms with Gasteiger partial charge in [0.15, 0.2) is 0 Å². The fourth-order valence-electron chi connectivity index (χ4n) is 2.41. The van der Waals surface area contributed by atoms with Gasteiger partial charge < -0.3 is 10.1 Å². The predicted octanol–water partition coefficient (Wildman–Crippen LogP) is 3.46. The molecule has 0 aliphatic carbocycles. The Kier molecular flexibility index (Phi) is 7.50. The number of nitrogens with one attached hydrogen (secondary N) is 1. The Morgan fingerprint density at radius 3 is 2.48 bits per heavy atom. The molecule has 0 bridgehead atoms. The highest BCUT2D eigenvalue weighted by Crippen LogP contribution is 2.27. The maximum absolute atomic E-state index is 13.2. The maximum Gasteiger partial charge on any atom is 0.264 e. The molecule has 0 aliphatic heterocycles. The fraction of sp³-hybridized carbons (Fsp3) is 0.316. The number of halogens is 1. The first-order valence-electron chi connectivity index (χ1n) is 8.57. The Hall–Kier alpha value is -2.25. The van der Waals surface area contributed by atoms with Crippen molar-refractivity contribution in [3.63, 3.8) is 0 Å². The molecule has 0 aliphatic rings. The lowest BCUT2D eigenvalue weighted by molar-refractivity contribution is -0.119. The molecule has 0 unspecified atom stereocenters. The number of unbranched alkanes of at least 4 members (excludes halogenated alkanes) is 1. The summed E-state index contributed by atoms with van der Waals surface area (Å²) in [5.74, 6) is 0.168. The van der Waals surface area contributed by atoms with Crippen LogP contribution in [-0.4, -0.2) is 34.5 Å². The molecule has 1 N–H and O–H groups in total. The number of anilines is 1. The lowest BCUT2D eigenvalue weighted by Gasteiger charge is -2.24. The van der Waals surface area contributed by atoms with Gasteiger partial charge >= 0.3 is 0 Å². The Balaban J connectivity index is 2.36. The van der Waals surface area contributed by atoms with Gasteiger partial charge in [0, 0.05) is 11.6 Å². The monoisotopic (exact) mass is 410 g/mol. The Bertz CT molecular complexity index is 870. The van der Waals surface area contributed by atoms with E-state index in [0.717, 1.165) is 17.1 Å². The topological polar surface area (TPSA) is 75.7 Å². The summed E-state index contributed by atoms with van der Waals surface area (Å²) in [7, 11) is -2.46. The van der Waals surface area contributed by atoms with E-state index in [1.807, 2.05) is 6.92 Å². The number of hydrogen-bond acceptors (Lipinski definition) is 4. The molecule has 2 rings (SSSR count). The van der Waals surface area contributed by atoms with E-state index in [4.69, 9.17) is 16.3 Å². The van der Waals surface area contributed by atoms with Crippen LogP contribution >= 0.6 is 11.6 Å². The highest BCUT2D eigenvalue weighted by molar-refractivity contribution is 7.92. The molecule has 0 fully saturated rings. The Morgan fingerprint density at radius 2 is 1.89 bits per heavy atom. The molecule has 27 heavy (non-hydrogen) atoms. The number of carbonyl (C=O) groups excluding carboxylic acids is 1. The van der Waals surface area contributed by atoms with Crippen LogP contribution in [0.4, 0.5) is 5.69 Å². The van der Waals surface area contributed by atoms with Gasteiger partial charge in [-0.3, -0.25) is 9.10 Å². The van der Waals surface area contributed by atoms with Crippen LogP contribution in [0.3, 0.4) is 0 Å². The van der Waals surface area contributed by atoms with Gasteiger partial charge in [0.2, 0.25) is 5.91 Å². The van der Waals surface area contributed by atoms with Crippen LogP contribution < -0.4 is 14.4 Å². The second kappa shape index (κ2) is 9.62. The lowest BCUT2D eigenvalue weighted by Crippen LogP contribution is -2.41. The average Bonchev–Trinajstić information content (AvgIpc) is 2.66. The summed E-state index contributed by atoms with van der Waals surface area (Å²) >= 11 is 6.02. The van der Waals surface area contributed by atoms with Crippen LogP contribution in [0, 0.1) is 0 Å².